The summed E-state index contributed by atoms with van der Waals surface area (Å²) in [5.74, 6) is -0.0343. The van der Waals surface area contributed by atoms with Crippen molar-refractivity contribution in [2.24, 2.45) is 5.92 Å². The third-order valence-corrected chi connectivity index (χ3v) is 5.59. The minimum Gasteiger partial charge on any atom is -0.338 e. The fourth-order valence-electron chi connectivity index (χ4n) is 3.38. The van der Waals surface area contributed by atoms with E-state index >= 15 is 0 Å². The lowest BCUT2D eigenvalue weighted by Gasteiger charge is -2.41. The molecule has 5 amide bonds. The van der Waals surface area contributed by atoms with Gasteiger partial charge in [0.2, 0.25) is 5.91 Å². The van der Waals surface area contributed by atoms with E-state index in [1.165, 1.54) is 0 Å². The van der Waals surface area contributed by atoms with Crippen molar-refractivity contribution in [1.29, 1.82) is 0 Å². The molecule has 1 rings (SSSR count). The van der Waals surface area contributed by atoms with Crippen molar-refractivity contribution in [2.45, 2.75) is 78.8 Å². The Morgan fingerprint density at radius 2 is 1.62 bits per heavy atom. The Morgan fingerprint density at radius 3 is 2.17 bits per heavy atom. The monoisotopic (exact) mass is 411 g/mol. The van der Waals surface area contributed by atoms with E-state index < -0.39 is 6.04 Å². The lowest BCUT2D eigenvalue weighted by molar-refractivity contribution is -0.136. The van der Waals surface area contributed by atoms with Gasteiger partial charge in [-0.3, -0.25) is 4.79 Å². The van der Waals surface area contributed by atoms with Gasteiger partial charge in [-0.25, -0.2) is 9.59 Å². The zero-order chi connectivity index (χ0) is 21.8. The van der Waals surface area contributed by atoms with Gasteiger partial charge in [0.05, 0.1) is 0 Å². The van der Waals surface area contributed by atoms with Gasteiger partial charge in [0.15, 0.2) is 0 Å². The SMILES string of the molecule is CCCCNC(=O)NC(C(=O)N1CCN(C(=O)NCCCC)C(C)C1)C(C)CC. The van der Waals surface area contributed by atoms with Gasteiger partial charge in [-0.1, -0.05) is 47.0 Å². The van der Waals surface area contributed by atoms with E-state index in [1.54, 1.807) is 9.80 Å². The minimum atomic E-state index is -0.557. The second kappa shape index (κ2) is 13.3. The summed E-state index contributed by atoms with van der Waals surface area (Å²) in [5, 5.41) is 8.64. The van der Waals surface area contributed by atoms with Crippen molar-refractivity contribution in [2.75, 3.05) is 32.7 Å². The van der Waals surface area contributed by atoms with Crippen LogP contribution in [0.4, 0.5) is 9.59 Å². The smallest absolute Gasteiger partial charge is 0.317 e. The summed E-state index contributed by atoms with van der Waals surface area (Å²) < 4.78 is 0. The maximum absolute atomic E-state index is 13.2. The van der Waals surface area contributed by atoms with Crippen LogP contribution in [0.25, 0.3) is 0 Å². The van der Waals surface area contributed by atoms with Crippen molar-refractivity contribution in [3.63, 3.8) is 0 Å². The molecule has 0 spiro atoms. The first kappa shape index (κ1) is 25.0. The molecule has 3 atom stereocenters. The highest BCUT2D eigenvalue weighted by molar-refractivity contribution is 5.87. The van der Waals surface area contributed by atoms with Crippen LogP contribution in [-0.4, -0.2) is 72.6 Å². The normalized spacial score (nSPS) is 18.7. The summed E-state index contributed by atoms with van der Waals surface area (Å²) in [6.45, 7) is 12.9. The van der Waals surface area contributed by atoms with Crippen LogP contribution in [0.15, 0.2) is 0 Å². The van der Waals surface area contributed by atoms with E-state index in [0.29, 0.717) is 32.7 Å². The minimum absolute atomic E-state index is 0.0325. The van der Waals surface area contributed by atoms with Crippen molar-refractivity contribution < 1.29 is 14.4 Å². The molecule has 168 valence electrons. The fraction of sp³-hybridized carbons (Fsp3) is 0.857. The summed E-state index contributed by atoms with van der Waals surface area (Å²) in [7, 11) is 0. The molecule has 1 heterocycles. The van der Waals surface area contributed by atoms with Crippen molar-refractivity contribution in [3.05, 3.63) is 0 Å². The van der Waals surface area contributed by atoms with Crippen molar-refractivity contribution in [1.82, 2.24) is 25.8 Å². The molecule has 1 aliphatic heterocycles. The number of hydrogen-bond acceptors (Lipinski definition) is 3. The predicted octanol–water partition coefficient (Wildman–Crippen LogP) is 2.54. The van der Waals surface area contributed by atoms with Gasteiger partial charge >= 0.3 is 12.1 Å². The summed E-state index contributed by atoms with van der Waals surface area (Å²) in [4.78, 5) is 41.3. The lowest BCUT2D eigenvalue weighted by Crippen LogP contribution is -2.61. The van der Waals surface area contributed by atoms with Crippen LogP contribution in [0.5, 0.6) is 0 Å². The van der Waals surface area contributed by atoms with Gasteiger partial charge in [-0.15, -0.1) is 0 Å². The predicted molar refractivity (Wildman–Crippen MR) is 116 cm³/mol. The highest BCUT2D eigenvalue weighted by Crippen LogP contribution is 2.16. The van der Waals surface area contributed by atoms with Crippen LogP contribution in [0.2, 0.25) is 0 Å². The number of amides is 5. The Kier molecular flexibility index (Phi) is 11.5. The molecule has 0 saturated carbocycles. The van der Waals surface area contributed by atoms with Crippen molar-refractivity contribution >= 4 is 18.0 Å². The Labute approximate surface area is 176 Å². The third kappa shape index (κ3) is 8.11. The number of nitrogens with zero attached hydrogens (tertiary/aromatic N) is 2. The number of hydrogen-bond donors (Lipinski definition) is 3. The molecule has 8 nitrogen and oxygen atoms in total. The van der Waals surface area contributed by atoms with Crippen LogP contribution in [0.3, 0.4) is 0 Å². The number of carbonyl (C=O) groups is 3. The molecule has 0 aromatic carbocycles. The standard InChI is InChI=1S/C21H41N5O3/c1-6-9-11-22-20(28)24-18(16(4)8-3)19(27)25-13-14-26(17(5)15-25)21(29)23-12-10-7-2/h16-18H,6-15H2,1-5H3,(H,23,29)(H2,22,24,28). The van der Waals surface area contributed by atoms with Gasteiger partial charge in [0, 0.05) is 38.8 Å². The van der Waals surface area contributed by atoms with E-state index in [1.807, 2.05) is 20.8 Å². The van der Waals surface area contributed by atoms with Crippen LogP contribution < -0.4 is 16.0 Å². The Balaban J connectivity index is 2.66. The quantitative estimate of drug-likeness (QED) is 0.482. The molecule has 3 N–H and O–H groups in total. The van der Waals surface area contributed by atoms with Crippen molar-refractivity contribution in [3.8, 4) is 0 Å². The molecule has 3 unspecified atom stereocenters. The first-order chi connectivity index (χ1) is 13.8. The number of unbranched alkanes of at least 4 members (excludes halogenated alkanes) is 2. The Hall–Kier alpha value is -1.99. The highest BCUT2D eigenvalue weighted by Gasteiger charge is 2.35. The molecule has 0 aromatic heterocycles. The maximum Gasteiger partial charge on any atom is 0.317 e. The summed E-state index contributed by atoms with van der Waals surface area (Å²) >= 11 is 0. The molecule has 1 saturated heterocycles. The summed E-state index contributed by atoms with van der Waals surface area (Å²) in [5.41, 5.74) is 0. The largest absolute Gasteiger partial charge is 0.338 e. The molecule has 29 heavy (non-hydrogen) atoms. The first-order valence-corrected chi connectivity index (χ1v) is 11.2. The van der Waals surface area contributed by atoms with E-state index in [-0.39, 0.29) is 29.9 Å². The first-order valence-electron chi connectivity index (χ1n) is 11.2. The molecule has 0 radical (unpaired) electrons. The average molecular weight is 412 g/mol. The lowest BCUT2D eigenvalue weighted by atomic mass is 9.97. The number of nitrogens with one attached hydrogen (secondary N) is 3. The summed E-state index contributed by atoms with van der Waals surface area (Å²) in [6.07, 6.45) is 4.70. The number of piperazine rings is 1. The van der Waals surface area contributed by atoms with E-state index in [2.05, 4.69) is 29.8 Å². The molecule has 0 aliphatic carbocycles. The van der Waals surface area contributed by atoms with Crippen LogP contribution in [0, 0.1) is 5.92 Å². The Morgan fingerprint density at radius 1 is 1.00 bits per heavy atom. The molecule has 8 heteroatoms. The number of urea groups is 2. The maximum atomic E-state index is 13.2. The average Bonchev–Trinajstić information content (AvgIpc) is 2.71. The van der Waals surface area contributed by atoms with Gasteiger partial charge in [-0.05, 0) is 25.7 Å². The topological polar surface area (TPSA) is 93.8 Å². The zero-order valence-electron chi connectivity index (χ0n) is 18.9. The van der Waals surface area contributed by atoms with Gasteiger partial charge in [0.25, 0.3) is 0 Å². The number of rotatable bonds is 10. The summed E-state index contributed by atoms with van der Waals surface area (Å²) in [6, 6.07) is -0.979. The molecule has 1 aliphatic rings. The Bertz CT molecular complexity index is 528. The molecule has 1 fully saturated rings. The van der Waals surface area contributed by atoms with Crippen LogP contribution >= 0.6 is 0 Å². The highest BCUT2D eigenvalue weighted by atomic mass is 16.2. The molecular formula is C21H41N5O3. The molecule has 0 aromatic rings. The van der Waals surface area contributed by atoms with Crippen LogP contribution in [0.1, 0.15) is 66.7 Å². The van der Waals surface area contributed by atoms with E-state index in [9.17, 15) is 14.4 Å². The van der Waals surface area contributed by atoms with Crippen LogP contribution in [-0.2, 0) is 4.79 Å². The fourth-order valence-corrected chi connectivity index (χ4v) is 3.38. The van der Waals surface area contributed by atoms with Gasteiger partial charge in [0.1, 0.15) is 6.04 Å². The molecular weight excluding hydrogens is 370 g/mol. The second-order valence-electron chi connectivity index (χ2n) is 8.03. The molecule has 0 bridgehead atoms. The third-order valence-electron chi connectivity index (χ3n) is 5.59. The number of carbonyl (C=O) groups excluding carboxylic acids is 3. The zero-order valence-corrected chi connectivity index (χ0v) is 18.9. The van der Waals surface area contributed by atoms with Gasteiger partial charge in [-0.2, -0.15) is 0 Å². The second-order valence-corrected chi connectivity index (χ2v) is 8.03. The van der Waals surface area contributed by atoms with E-state index in [4.69, 9.17) is 0 Å². The van der Waals surface area contributed by atoms with Gasteiger partial charge < -0.3 is 25.8 Å². The van der Waals surface area contributed by atoms with E-state index in [0.717, 1.165) is 32.1 Å².